The zero-order valence-corrected chi connectivity index (χ0v) is 12.7. The van der Waals surface area contributed by atoms with Gasteiger partial charge in [0, 0.05) is 10.8 Å². The maximum Gasteiger partial charge on any atom is 0.221 e. The summed E-state index contributed by atoms with van der Waals surface area (Å²) in [6.45, 7) is 1.95. The molecule has 0 bridgehead atoms. The quantitative estimate of drug-likeness (QED) is 0.617. The van der Waals surface area contributed by atoms with Gasteiger partial charge in [-0.05, 0) is 6.07 Å². The highest BCUT2D eigenvalue weighted by atomic mass is 32.1. The number of thiophene rings is 1. The first-order valence-corrected chi connectivity index (χ1v) is 7.99. The number of aromatic nitrogens is 7. The van der Waals surface area contributed by atoms with Crippen LogP contribution in [0.4, 0.5) is 0 Å². The highest BCUT2D eigenvalue weighted by molar-refractivity contribution is 7.19. The molecule has 4 aromatic rings. The molecule has 0 saturated carbocycles. The lowest BCUT2D eigenvalue weighted by molar-refractivity contribution is 0.667. The van der Waals surface area contributed by atoms with E-state index in [0.29, 0.717) is 30.9 Å². The number of azo groups is 1. The van der Waals surface area contributed by atoms with Crippen molar-refractivity contribution in [3.63, 3.8) is 0 Å². The molecular weight excluding hydrogens is 314 g/mol. The van der Waals surface area contributed by atoms with Crippen LogP contribution >= 0.6 is 11.3 Å². The summed E-state index contributed by atoms with van der Waals surface area (Å²) in [5.41, 5.74) is 3.19. The molecule has 0 aromatic carbocycles. The Morgan fingerprint density at radius 3 is 3.04 bits per heavy atom. The van der Waals surface area contributed by atoms with Crippen molar-refractivity contribution in [2.24, 2.45) is 10.2 Å². The lowest BCUT2D eigenvalue weighted by Crippen LogP contribution is -2.07. The first kappa shape index (κ1) is 12.8. The summed E-state index contributed by atoms with van der Waals surface area (Å²) in [7, 11) is 0. The maximum absolute atomic E-state index is 4.69. The number of rotatable bonds is 3. The molecule has 23 heavy (non-hydrogen) atoms. The Labute approximate surface area is 133 Å². The minimum atomic E-state index is 0.209. The fraction of sp³-hybridized carbons (Fsp3) is 0.308. The molecule has 9 nitrogen and oxygen atoms in total. The van der Waals surface area contributed by atoms with Gasteiger partial charge in [-0.2, -0.15) is 15.3 Å². The van der Waals surface area contributed by atoms with Gasteiger partial charge >= 0.3 is 0 Å². The Morgan fingerprint density at radius 1 is 1.26 bits per heavy atom. The van der Waals surface area contributed by atoms with Crippen molar-refractivity contribution < 1.29 is 0 Å². The fourth-order valence-electron chi connectivity index (χ4n) is 2.66. The van der Waals surface area contributed by atoms with Crippen molar-refractivity contribution in [2.75, 3.05) is 13.1 Å². The molecule has 0 spiro atoms. The van der Waals surface area contributed by atoms with E-state index in [1.807, 2.05) is 6.20 Å². The van der Waals surface area contributed by atoms with Gasteiger partial charge in [-0.25, -0.2) is 14.6 Å². The average Bonchev–Trinajstić information content (AvgIpc) is 3.31. The van der Waals surface area contributed by atoms with Crippen molar-refractivity contribution >= 4 is 32.8 Å². The van der Waals surface area contributed by atoms with E-state index in [2.05, 4.69) is 41.8 Å². The van der Waals surface area contributed by atoms with Gasteiger partial charge < -0.3 is 0 Å². The van der Waals surface area contributed by atoms with E-state index in [-0.39, 0.29) is 5.92 Å². The van der Waals surface area contributed by atoms with Crippen LogP contribution in [0.5, 0.6) is 0 Å². The normalized spacial score (nSPS) is 15.3. The molecule has 0 atom stereocenters. The zero-order chi connectivity index (χ0) is 15.2. The van der Waals surface area contributed by atoms with E-state index in [1.54, 1.807) is 22.2 Å². The van der Waals surface area contributed by atoms with E-state index in [4.69, 9.17) is 4.98 Å². The van der Waals surface area contributed by atoms with Crippen molar-refractivity contribution in [2.45, 2.75) is 12.5 Å². The van der Waals surface area contributed by atoms with Gasteiger partial charge in [0.15, 0.2) is 5.65 Å². The number of nitrogens with zero attached hydrogens (tertiary/aromatic N) is 8. The first-order chi connectivity index (χ1) is 11.4. The number of hydrogen-bond donors (Lipinski definition) is 1. The second kappa shape index (κ2) is 4.88. The summed E-state index contributed by atoms with van der Waals surface area (Å²) < 4.78 is 2.91. The topological polar surface area (TPSA) is 110 Å². The molecule has 1 N–H and O–H groups in total. The molecule has 0 radical (unpaired) electrons. The molecule has 0 aliphatic carbocycles. The fourth-order valence-corrected chi connectivity index (χ4v) is 3.62. The van der Waals surface area contributed by atoms with Crippen LogP contribution in [-0.4, -0.2) is 48.2 Å². The number of hydrogen-bond acceptors (Lipinski definition) is 8. The molecule has 10 heteroatoms. The predicted molar refractivity (Wildman–Crippen MR) is 83.5 cm³/mol. The standard InChI is InChI=1S/C13H11N9S/c1-8(23-11-5-17-19-9(1)11)6-22-13-12(20-21-22)14-4-10(18-13)7-2-15-16-3-7/h1,4-5,7H,2-3,6H2,(H,17,19). The van der Waals surface area contributed by atoms with E-state index in [9.17, 15) is 0 Å². The molecule has 114 valence electrons. The van der Waals surface area contributed by atoms with Crippen molar-refractivity contribution in [3.05, 3.63) is 29.0 Å². The number of aromatic amines is 1. The molecule has 0 fully saturated rings. The average molecular weight is 325 g/mol. The van der Waals surface area contributed by atoms with Gasteiger partial charge in [-0.3, -0.25) is 5.10 Å². The Kier molecular flexibility index (Phi) is 2.71. The van der Waals surface area contributed by atoms with E-state index in [0.717, 1.165) is 15.9 Å². The van der Waals surface area contributed by atoms with Crippen LogP contribution in [0, 0.1) is 0 Å². The van der Waals surface area contributed by atoms with Crippen molar-refractivity contribution in [1.82, 2.24) is 35.2 Å². The number of fused-ring (bicyclic) bond motifs is 2. The van der Waals surface area contributed by atoms with Gasteiger partial charge in [0.2, 0.25) is 5.65 Å². The summed E-state index contributed by atoms with van der Waals surface area (Å²) in [4.78, 5) is 10.2. The van der Waals surface area contributed by atoms with E-state index < -0.39 is 0 Å². The molecule has 5 rings (SSSR count). The summed E-state index contributed by atoms with van der Waals surface area (Å²) in [5, 5.41) is 23.3. The molecule has 1 aliphatic heterocycles. The van der Waals surface area contributed by atoms with Gasteiger partial charge in [-0.1, -0.05) is 5.21 Å². The third-order valence-corrected chi connectivity index (χ3v) is 4.91. The molecular formula is C13H11N9S. The minimum Gasteiger partial charge on any atom is -0.277 e. The zero-order valence-electron chi connectivity index (χ0n) is 11.9. The van der Waals surface area contributed by atoms with Crippen LogP contribution in [0.15, 0.2) is 28.7 Å². The number of nitrogens with one attached hydrogen (secondary N) is 1. The van der Waals surface area contributed by atoms with Crippen molar-refractivity contribution in [1.29, 1.82) is 0 Å². The van der Waals surface area contributed by atoms with Crippen LogP contribution in [0.1, 0.15) is 16.5 Å². The molecule has 5 heterocycles. The van der Waals surface area contributed by atoms with Gasteiger partial charge in [0.05, 0.1) is 47.9 Å². The van der Waals surface area contributed by atoms with Crippen LogP contribution in [0.2, 0.25) is 0 Å². The largest absolute Gasteiger partial charge is 0.277 e. The Bertz CT molecular complexity index is 990. The van der Waals surface area contributed by atoms with Crippen LogP contribution in [-0.2, 0) is 6.54 Å². The Balaban J connectivity index is 1.52. The summed E-state index contributed by atoms with van der Waals surface area (Å²) in [6, 6.07) is 2.08. The molecule has 4 aromatic heterocycles. The van der Waals surface area contributed by atoms with Crippen molar-refractivity contribution in [3.8, 4) is 0 Å². The summed E-state index contributed by atoms with van der Waals surface area (Å²) >= 11 is 1.68. The second-order valence-corrected chi connectivity index (χ2v) is 6.56. The predicted octanol–water partition coefficient (Wildman–Crippen LogP) is 1.76. The SMILES string of the molecule is c1nc2nnn(Cc3cc4[nH]ncc4s3)c2nc1C1CN=NC1. The third kappa shape index (κ3) is 2.10. The molecule has 1 aliphatic rings. The van der Waals surface area contributed by atoms with Gasteiger partial charge in [0.1, 0.15) is 0 Å². The molecule has 0 unspecified atom stereocenters. The lowest BCUT2D eigenvalue weighted by atomic mass is 10.1. The van der Waals surface area contributed by atoms with Crippen LogP contribution in [0.25, 0.3) is 21.5 Å². The van der Waals surface area contributed by atoms with Gasteiger partial charge in [-0.15, -0.1) is 16.4 Å². The van der Waals surface area contributed by atoms with Gasteiger partial charge in [0.25, 0.3) is 0 Å². The van der Waals surface area contributed by atoms with Crippen LogP contribution in [0.3, 0.4) is 0 Å². The molecule has 0 saturated heterocycles. The third-order valence-electron chi connectivity index (χ3n) is 3.85. The maximum atomic E-state index is 4.69. The monoisotopic (exact) mass is 325 g/mol. The van der Waals surface area contributed by atoms with E-state index in [1.165, 1.54) is 4.88 Å². The Morgan fingerprint density at radius 2 is 2.17 bits per heavy atom. The first-order valence-electron chi connectivity index (χ1n) is 7.18. The summed E-state index contributed by atoms with van der Waals surface area (Å²) in [6.07, 6.45) is 3.58. The summed E-state index contributed by atoms with van der Waals surface area (Å²) in [5.74, 6) is 0.209. The number of H-pyrrole nitrogens is 1. The van der Waals surface area contributed by atoms with Crippen LogP contribution < -0.4 is 0 Å². The van der Waals surface area contributed by atoms with E-state index >= 15 is 0 Å². The highest BCUT2D eigenvalue weighted by Gasteiger charge is 2.19. The smallest absolute Gasteiger partial charge is 0.221 e. The second-order valence-electron chi connectivity index (χ2n) is 5.39. The Hall–Kier alpha value is -2.75. The highest BCUT2D eigenvalue weighted by Crippen LogP contribution is 2.25. The molecule has 0 amide bonds. The lowest BCUT2D eigenvalue weighted by Gasteiger charge is -2.05. The minimum absolute atomic E-state index is 0.209.